The molecule has 3 radical (unpaired) electrons. The van der Waals surface area contributed by atoms with Crippen molar-refractivity contribution in [2.45, 2.75) is 0 Å². The fraction of sp³-hybridized carbons (Fsp3) is 0. The molecule has 11 heteroatoms. The summed E-state index contributed by atoms with van der Waals surface area (Å²) in [5.41, 5.74) is 0. The van der Waals surface area contributed by atoms with Crippen LogP contribution < -0.4 is 0 Å². The molecule has 0 aromatic carbocycles. The van der Waals surface area contributed by atoms with E-state index in [1.807, 2.05) is 0 Å². The molecular weight excluding hydrogens is 465 g/mol. The quantitative estimate of drug-likeness (QED) is 0.337. The van der Waals surface area contributed by atoms with Gasteiger partial charge in [0.1, 0.15) is 0 Å². The molecule has 2 unspecified atom stereocenters. The minimum Gasteiger partial charge on any atom is -0.750 e. The smallest absolute Gasteiger partial charge is 0.0814 e. The Morgan fingerprint density at radius 2 is 0.909 bits per heavy atom. The number of rotatable bonds is 0. The first-order valence-electron chi connectivity index (χ1n) is 1.03. The summed E-state index contributed by atoms with van der Waals surface area (Å²) >= 11 is -5.72. The summed E-state index contributed by atoms with van der Waals surface area (Å²) in [6.07, 6.45) is 0. The summed E-state index contributed by atoms with van der Waals surface area (Å²) in [4.78, 5) is 0. The largest absolute Gasteiger partial charge is 0.750 e. The third kappa shape index (κ3) is 197. The van der Waals surface area contributed by atoms with Crippen LogP contribution in [-0.4, -0.2) is 26.6 Å². The average molecular weight is 467 g/mol. The van der Waals surface area contributed by atoms with E-state index in [2.05, 4.69) is 0 Å². The fourth-order valence-corrected chi connectivity index (χ4v) is 0. The van der Waals surface area contributed by atoms with Crippen molar-refractivity contribution in [2.24, 2.45) is 0 Å². The number of hydrogen-bond donors (Lipinski definition) is 2. The van der Waals surface area contributed by atoms with Crippen LogP contribution >= 0.6 is 0 Å². The van der Waals surface area contributed by atoms with Gasteiger partial charge >= 0.3 is 0 Å². The standard InChI is InChI=1S/2Ag.2H2O3S.Y/c;;2*1-4(2)3;/h;;2*(H2,1,2,3);/p-2. The molecule has 2 atom stereocenters. The van der Waals surface area contributed by atoms with E-state index in [1.165, 1.54) is 0 Å². The first-order chi connectivity index (χ1) is 3.46. The van der Waals surface area contributed by atoms with Gasteiger partial charge in [0.15, 0.2) is 0 Å². The van der Waals surface area contributed by atoms with Gasteiger partial charge in [-0.15, -0.1) is 0 Å². The zero-order valence-corrected chi connectivity index (χ0v) is 12.0. The minimum absolute atomic E-state index is 0. The van der Waals surface area contributed by atoms with Gasteiger partial charge in [0.2, 0.25) is 0 Å². The molecule has 2 N–H and O–H groups in total. The maximum atomic E-state index is 8.56. The Morgan fingerprint density at radius 1 is 0.909 bits per heavy atom. The van der Waals surface area contributed by atoms with Crippen molar-refractivity contribution < 1.29 is 104 Å². The van der Waals surface area contributed by atoms with E-state index in [4.69, 9.17) is 26.6 Å². The summed E-state index contributed by atoms with van der Waals surface area (Å²) in [6, 6.07) is 0. The molecule has 11 heavy (non-hydrogen) atoms. The first kappa shape index (κ1) is 29.2. The van der Waals surface area contributed by atoms with Crippen LogP contribution in [0.5, 0.6) is 0 Å². The van der Waals surface area contributed by atoms with Gasteiger partial charge in [0.25, 0.3) is 0 Å². The van der Waals surface area contributed by atoms with Crippen molar-refractivity contribution in [2.75, 3.05) is 0 Å². The van der Waals surface area contributed by atoms with Crippen LogP contribution in [-0.2, 0) is 100 Å². The third-order valence-electron chi connectivity index (χ3n) is 0. The second-order valence-corrected chi connectivity index (χ2v) is 1.30. The van der Waals surface area contributed by atoms with E-state index in [-0.39, 0.29) is 77.5 Å². The Morgan fingerprint density at radius 3 is 0.909 bits per heavy atom. The summed E-state index contributed by atoms with van der Waals surface area (Å²) in [5.74, 6) is 0. The maximum absolute atomic E-state index is 8.56. The summed E-state index contributed by atoms with van der Waals surface area (Å²) in [5, 5.41) is 0. The van der Waals surface area contributed by atoms with Crippen molar-refractivity contribution in [3.63, 3.8) is 0 Å². The second kappa shape index (κ2) is 23.0. The van der Waals surface area contributed by atoms with Gasteiger partial charge in [0, 0.05) is 77.5 Å². The molecule has 0 bridgehead atoms. The Labute approximate surface area is 125 Å². The number of hydrogen-bond acceptors (Lipinski definition) is 4. The molecule has 0 aromatic heterocycles. The zero-order valence-electron chi connectivity index (χ0n) is 4.52. The fourth-order valence-electron chi connectivity index (χ4n) is 0. The molecule has 0 aliphatic rings. The minimum atomic E-state index is -2.86. The van der Waals surface area contributed by atoms with Crippen LogP contribution in [0.2, 0.25) is 0 Å². The Kier molecular flexibility index (Phi) is 61.0. The van der Waals surface area contributed by atoms with Gasteiger partial charge in [-0.25, -0.2) is 8.42 Å². The molecule has 0 aliphatic heterocycles. The van der Waals surface area contributed by atoms with Crippen LogP contribution in [0.4, 0.5) is 0 Å². The van der Waals surface area contributed by atoms with E-state index in [0.717, 1.165) is 0 Å². The van der Waals surface area contributed by atoms with E-state index in [0.29, 0.717) is 0 Å². The normalized spacial score (nSPS) is 11.3. The summed E-state index contributed by atoms with van der Waals surface area (Å²) in [6.45, 7) is 0. The van der Waals surface area contributed by atoms with Gasteiger partial charge in [-0.1, -0.05) is 0 Å². The van der Waals surface area contributed by atoms with Gasteiger partial charge in [-0.2, -0.15) is 0 Å². The van der Waals surface area contributed by atoms with Gasteiger partial charge in [-0.3, -0.25) is 0 Å². The van der Waals surface area contributed by atoms with Crippen LogP contribution in [0.25, 0.3) is 0 Å². The molecule has 0 amide bonds. The van der Waals surface area contributed by atoms with Gasteiger partial charge < -0.3 is 18.2 Å². The third-order valence-corrected chi connectivity index (χ3v) is 0. The zero-order chi connectivity index (χ0) is 7.15. The van der Waals surface area contributed by atoms with Crippen LogP contribution in [0.3, 0.4) is 0 Å². The van der Waals surface area contributed by atoms with Crippen LogP contribution in [0.15, 0.2) is 0 Å². The summed E-state index contributed by atoms with van der Waals surface area (Å²) in [7, 11) is 0. The topological polar surface area (TPSA) is 121 Å². The van der Waals surface area contributed by atoms with Crippen LogP contribution in [0, 0.1) is 0 Å². The monoisotopic (exact) mass is 465 g/mol. The Hall–Kier alpha value is 2.72. The molecule has 0 heterocycles. The van der Waals surface area contributed by atoms with E-state index in [9.17, 15) is 0 Å². The molecule has 0 aromatic rings. The van der Waals surface area contributed by atoms with Crippen molar-refractivity contribution in [1.29, 1.82) is 0 Å². The molecule has 0 saturated carbocycles. The van der Waals surface area contributed by atoms with Crippen molar-refractivity contribution in [3.8, 4) is 0 Å². The maximum Gasteiger partial charge on any atom is 0.0814 e. The van der Waals surface area contributed by atoms with Crippen LogP contribution in [0.1, 0.15) is 0 Å². The van der Waals surface area contributed by atoms with Gasteiger partial charge in [0.05, 0.1) is 22.7 Å². The molecule has 0 spiro atoms. The van der Waals surface area contributed by atoms with E-state index < -0.39 is 22.7 Å². The Balaban J connectivity index is -0.0000000171. The SMILES string of the molecule is O=S([O-])O.O=S([O-])O.[Ag].[Ag].[Y]. The van der Waals surface area contributed by atoms with E-state index in [1.54, 1.807) is 0 Å². The predicted molar refractivity (Wildman–Crippen MR) is 23.1 cm³/mol. The van der Waals surface area contributed by atoms with E-state index >= 15 is 0 Å². The molecule has 6 nitrogen and oxygen atoms in total. The van der Waals surface area contributed by atoms with Crippen molar-refractivity contribution >= 4 is 22.7 Å². The van der Waals surface area contributed by atoms with Crippen molar-refractivity contribution in [1.82, 2.24) is 0 Å². The molecular formula is H2Ag2O6S2Y-2. The summed E-state index contributed by atoms with van der Waals surface area (Å²) < 4.78 is 48.2. The molecule has 77 valence electrons. The predicted octanol–water partition coefficient (Wildman–Crippen LogP) is -1.33. The molecule has 0 saturated heterocycles. The Bertz CT molecular complexity index is 76.6. The van der Waals surface area contributed by atoms with Crippen molar-refractivity contribution in [3.05, 3.63) is 0 Å². The molecule has 0 aliphatic carbocycles. The first-order valence-corrected chi connectivity index (χ1v) is 3.10. The molecule has 0 rings (SSSR count). The molecule has 0 fully saturated rings. The average Bonchev–Trinajstić information content (AvgIpc) is 1.25. The second-order valence-electron chi connectivity index (χ2n) is 0.434. The van der Waals surface area contributed by atoms with Gasteiger partial charge in [-0.05, 0) is 0 Å².